The lowest BCUT2D eigenvalue weighted by Gasteiger charge is -2.10. The number of hydrogen-bond acceptors (Lipinski definition) is 3. The molecule has 0 saturated carbocycles. The Morgan fingerprint density at radius 1 is 1.00 bits per heavy atom. The molecule has 144 valence electrons. The first-order valence-electron chi connectivity index (χ1n) is 8.56. The van der Waals surface area contributed by atoms with E-state index in [1.165, 1.54) is 11.1 Å². The number of alkyl halides is 3. The highest BCUT2D eigenvalue weighted by Gasteiger charge is 2.30. The van der Waals surface area contributed by atoms with E-state index >= 15 is 0 Å². The van der Waals surface area contributed by atoms with Gasteiger partial charge in [0.25, 0.3) is 5.91 Å². The Morgan fingerprint density at radius 3 is 2.32 bits per heavy atom. The fourth-order valence-electron chi connectivity index (χ4n) is 2.58. The number of rotatable bonds is 5. The fourth-order valence-corrected chi connectivity index (χ4v) is 2.58. The Bertz CT molecular complexity index is 952. The molecular weight excluding hydrogens is 367 g/mol. The van der Waals surface area contributed by atoms with Gasteiger partial charge in [0.15, 0.2) is 0 Å². The van der Waals surface area contributed by atoms with Crippen molar-refractivity contribution in [2.24, 2.45) is 0 Å². The molecule has 3 rings (SSSR count). The molecule has 0 bridgehead atoms. The number of aryl methyl sites for hydroxylation is 1. The van der Waals surface area contributed by atoms with Crippen molar-refractivity contribution in [1.29, 1.82) is 0 Å². The van der Waals surface area contributed by atoms with Crippen molar-refractivity contribution >= 4 is 17.4 Å². The highest BCUT2D eigenvalue weighted by molar-refractivity contribution is 6.03. The average Bonchev–Trinajstić information content (AvgIpc) is 2.68. The summed E-state index contributed by atoms with van der Waals surface area (Å²) in [5.74, 6) is -0.215. The number of hydrogen-bond donors (Lipinski definition) is 2. The number of carbonyl (C=O) groups excluding carboxylic acids is 1. The molecular formula is C21H18F3N3O. The van der Waals surface area contributed by atoms with Crippen LogP contribution in [0.2, 0.25) is 0 Å². The largest absolute Gasteiger partial charge is 0.416 e. The van der Waals surface area contributed by atoms with Gasteiger partial charge in [-0.25, -0.2) is 4.98 Å². The van der Waals surface area contributed by atoms with Gasteiger partial charge in [-0.3, -0.25) is 4.79 Å². The summed E-state index contributed by atoms with van der Waals surface area (Å²) in [5, 5.41) is 5.82. The Morgan fingerprint density at radius 2 is 1.71 bits per heavy atom. The molecule has 0 unspecified atom stereocenters. The first-order chi connectivity index (χ1) is 13.3. The summed E-state index contributed by atoms with van der Waals surface area (Å²) in [6.07, 6.45) is -2.85. The molecule has 1 aromatic heterocycles. The van der Waals surface area contributed by atoms with Crippen molar-refractivity contribution in [3.05, 3.63) is 89.1 Å². The van der Waals surface area contributed by atoms with Gasteiger partial charge in [0.1, 0.15) is 5.82 Å². The Labute approximate surface area is 160 Å². The lowest BCUT2D eigenvalue weighted by atomic mass is 10.1. The van der Waals surface area contributed by atoms with Crippen LogP contribution in [-0.4, -0.2) is 10.9 Å². The van der Waals surface area contributed by atoms with Crippen LogP contribution in [0, 0.1) is 6.92 Å². The van der Waals surface area contributed by atoms with E-state index < -0.39 is 17.6 Å². The normalized spacial score (nSPS) is 11.1. The predicted molar refractivity (Wildman–Crippen MR) is 102 cm³/mol. The van der Waals surface area contributed by atoms with Crippen LogP contribution in [0.5, 0.6) is 0 Å². The molecule has 1 amide bonds. The maximum atomic E-state index is 12.6. The van der Waals surface area contributed by atoms with E-state index in [1.54, 1.807) is 18.3 Å². The van der Waals surface area contributed by atoms with E-state index in [1.807, 2.05) is 31.2 Å². The third-order valence-electron chi connectivity index (χ3n) is 4.22. The number of halogens is 3. The number of benzene rings is 2. The molecule has 3 aromatic rings. The molecule has 28 heavy (non-hydrogen) atoms. The maximum Gasteiger partial charge on any atom is 0.416 e. The lowest BCUT2D eigenvalue weighted by molar-refractivity contribution is -0.137. The minimum Gasteiger partial charge on any atom is -0.380 e. The first-order valence-corrected chi connectivity index (χ1v) is 8.56. The van der Waals surface area contributed by atoms with Crippen LogP contribution in [0.15, 0.2) is 66.9 Å². The van der Waals surface area contributed by atoms with Crippen molar-refractivity contribution in [2.45, 2.75) is 19.6 Å². The summed E-state index contributed by atoms with van der Waals surface area (Å²) >= 11 is 0. The molecule has 7 heteroatoms. The molecule has 1 heterocycles. The van der Waals surface area contributed by atoms with Crippen molar-refractivity contribution in [2.75, 3.05) is 10.6 Å². The molecule has 2 aromatic carbocycles. The first kappa shape index (κ1) is 19.4. The summed E-state index contributed by atoms with van der Waals surface area (Å²) in [6.45, 7) is 2.68. The van der Waals surface area contributed by atoms with Crippen LogP contribution in [0.1, 0.15) is 27.0 Å². The Kier molecular flexibility index (Phi) is 5.63. The monoisotopic (exact) mass is 385 g/mol. The van der Waals surface area contributed by atoms with E-state index in [4.69, 9.17) is 0 Å². The van der Waals surface area contributed by atoms with Crippen molar-refractivity contribution in [1.82, 2.24) is 4.98 Å². The minimum absolute atomic E-state index is 0.122. The lowest BCUT2D eigenvalue weighted by Crippen LogP contribution is -2.13. The van der Waals surface area contributed by atoms with Crippen LogP contribution in [0.4, 0.5) is 24.7 Å². The van der Waals surface area contributed by atoms with Gasteiger partial charge in [-0.1, -0.05) is 24.3 Å². The number of nitrogens with zero attached hydrogens (tertiary/aromatic N) is 1. The smallest absolute Gasteiger partial charge is 0.380 e. The number of carbonyl (C=O) groups is 1. The molecule has 0 aliphatic carbocycles. The van der Waals surface area contributed by atoms with Crippen molar-refractivity contribution < 1.29 is 18.0 Å². The van der Waals surface area contributed by atoms with Crippen LogP contribution in [0.3, 0.4) is 0 Å². The zero-order valence-electron chi connectivity index (χ0n) is 15.0. The molecule has 0 saturated heterocycles. The van der Waals surface area contributed by atoms with Crippen LogP contribution >= 0.6 is 0 Å². The van der Waals surface area contributed by atoms with Gasteiger partial charge >= 0.3 is 6.18 Å². The molecule has 4 nitrogen and oxygen atoms in total. The number of pyridine rings is 1. The van der Waals surface area contributed by atoms with Crippen LogP contribution < -0.4 is 10.6 Å². The molecule has 2 N–H and O–H groups in total. The second kappa shape index (κ2) is 8.12. The van der Waals surface area contributed by atoms with E-state index in [-0.39, 0.29) is 5.56 Å². The molecule has 0 radical (unpaired) electrons. The predicted octanol–water partition coefficient (Wildman–Crippen LogP) is 5.27. The minimum atomic E-state index is -4.43. The average molecular weight is 385 g/mol. The standard InChI is InChI=1S/C21H18F3N3O/c1-14-4-2-3-5-16(14)12-25-18-10-11-19(26-13-18)27-20(28)15-6-8-17(9-7-15)21(22,23)24/h2-11,13,25H,12H2,1H3,(H,26,27,28). The van der Waals surface area contributed by atoms with Gasteiger partial charge in [0, 0.05) is 12.1 Å². The van der Waals surface area contributed by atoms with Gasteiger partial charge < -0.3 is 10.6 Å². The summed E-state index contributed by atoms with van der Waals surface area (Å²) in [5.41, 5.74) is 2.46. The van der Waals surface area contributed by atoms with Gasteiger partial charge in [-0.15, -0.1) is 0 Å². The topological polar surface area (TPSA) is 54.0 Å². The zero-order valence-corrected chi connectivity index (χ0v) is 15.0. The van der Waals surface area contributed by atoms with Gasteiger partial charge in [-0.05, 0) is 54.4 Å². The van der Waals surface area contributed by atoms with Gasteiger partial charge in [0.2, 0.25) is 0 Å². The number of amides is 1. The summed E-state index contributed by atoms with van der Waals surface area (Å²) in [7, 11) is 0. The molecule has 0 fully saturated rings. The van der Waals surface area contributed by atoms with Crippen LogP contribution in [-0.2, 0) is 12.7 Å². The summed E-state index contributed by atoms with van der Waals surface area (Å²) < 4.78 is 37.7. The molecule has 0 spiro atoms. The molecule has 0 atom stereocenters. The number of nitrogens with one attached hydrogen (secondary N) is 2. The zero-order chi connectivity index (χ0) is 20.1. The van der Waals surface area contributed by atoms with E-state index in [0.717, 1.165) is 30.0 Å². The quantitative estimate of drug-likeness (QED) is 0.629. The highest BCUT2D eigenvalue weighted by atomic mass is 19.4. The summed E-state index contributed by atoms with van der Waals surface area (Å²) in [6, 6.07) is 15.4. The van der Waals surface area contributed by atoms with Crippen molar-refractivity contribution in [3.63, 3.8) is 0 Å². The van der Waals surface area contributed by atoms with Crippen LogP contribution in [0.25, 0.3) is 0 Å². The number of aromatic nitrogens is 1. The molecule has 0 aliphatic heterocycles. The maximum absolute atomic E-state index is 12.6. The van der Waals surface area contributed by atoms with Crippen molar-refractivity contribution in [3.8, 4) is 0 Å². The fraction of sp³-hybridized carbons (Fsp3) is 0.143. The second-order valence-corrected chi connectivity index (χ2v) is 6.24. The summed E-state index contributed by atoms with van der Waals surface area (Å²) in [4.78, 5) is 16.3. The van der Waals surface area contributed by atoms with Gasteiger partial charge in [0.05, 0.1) is 17.4 Å². The molecule has 0 aliphatic rings. The van der Waals surface area contributed by atoms with E-state index in [0.29, 0.717) is 12.4 Å². The van der Waals surface area contributed by atoms with E-state index in [9.17, 15) is 18.0 Å². The SMILES string of the molecule is Cc1ccccc1CNc1ccc(NC(=O)c2ccc(C(F)(F)F)cc2)nc1. The third kappa shape index (κ3) is 4.88. The Hall–Kier alpha value is -3.35. The number of anilines is 2. The van der Waals surface area contributed by atoms with Gasteiger partial charge in [-0.2, -0.15) is 13.2 Å². The highest BCUT2D eigenvalue weighted by Crippen LogP contribution is 2.29. The third-order valence-corrected chi connectivity index (χ3v) is 4.22. The second-order valence-electron chi connectivity index (χ2n) is 6.24. The Balaban J connectivity index is 1.59. The van der Waals surface area contributed by atoms with E-state index in [2.05, 4.69) is 15.6 Å².